The number of para-hydroxylation sites is 1. The van der Waals surface area contributed by atoms with Crippen molar-refractivity contribution in [2.75, 3.05) is 0 Å². The molecule has 1 aliphatic carbocycles. The molecule has 0 bridgehead atoms. The molecule has 0 N–H and O–H groups in total. The largest absolute Gasteiger partial charge is 0.513 e. The van der Waals surface area contributed by atoms with E-state index < -0.39 is 13.3 Å². The van der Waals surface area contributed by atoms with E-state index in [1.165, 1.54) is 43.2 Å². The number of rotatable bonds is 7. The van der Waals surface area contributed by atoms with Crippen LogP contribution in [-0.4, -0.2) is 28.2 Å². The van der Waals surface area contributed by atoms with Crippen LogP contribution in [0.4, 0.5) is 0 Å². The Kier molecular flexibility index (Phi) is 12.3. The molecule has 0 aliphatic heterocycles. The second-order valence-corrected chi connectivity index (χ2v) is 25.6. The Morgan fingerprint density at radius 2 is 1.65 bits per heavy atom. The van der Waals surface area contributed by atoms with Crippen LogP contribution in [0.2, 0.25) is 17.3 Å². The third-order valence-electron chi connectivity index (χ3n) is 9.72. The molecule has 49 heavy (non-hydrogen) atoms. The van der Waals surface area contributed by atoms with Crippen LogP contribution in [-0.2, 0) is 26.5 Å². The molecule has 1 aliphatic rings. The minimum atomic E-state index is -1.86. The number of aryl methyl sites for hydroxylation is 1. The summed E-state index contributed by atoms with van der Waals surface area (Å²) in [5, 5.41) is 1.04. The first kappa shape index (κ1) is 37.1. The molecule has 6 aromatic rings. The van der Waals surface area contributed by atoms with Crippen molar-refractivity contribution in [3.05, 3.63) is 108 Å². The van der Waals surface area contributed by atoms with E-state index in [1.807, 2.05) is 49.5 Å². The van der Waals surface area contributed by atoms with E-state index in [-0.39, 0.29) is 20.1 Å². The fourth-order valence-electron chi connectivity index (χ4n) is 7.18. The molecule has 7 rings (SSSR count). The summed E-state index contributed by atoms with van der Waals surface area (Å²) in [5.74, 6) is 9.32. The zero-order valence-corrected chi connectivity index (χ0v) is 34.6. The summed E-state index contributed by atoms with van der Waals surface area (Å²) >= 11 is -1.86. The van der Waals surface area contributed by atoms with Crippen molar-refractivity contribution in [1.29, 1.82) is 0 Å². The summed E-state index contributed by atoms with van der Waals surface area (Å²) < 4.78 is 7.72. The summed E-state index contributed by atoms with van der Waals surface area (Å²) in [4.78, 5) is 14.1. The number of hydrogen-bond donors (Lipinski definition) is 0. The summed E-state index contributed by atoms with van der Waals surface area (Å²) in [6.07, 6.45) is 12.0. The fourth-order valence-corrected chi connectivity index (χ4v) is 10.5. The van der Waals surface area contributed by atoms with Gasteiger partial charge >= 0.3 is 126 Å². The van der Waals surface area contributed by atoms with E-state index in [2.05, 4.69) is 91.7 Å². The molecule has 4 aromatic heterocycles. The van der Waals surface area contributed by atoms with Gasteiger partial charge in [0.05, 0.1) is 11.1 Å². The Balaban J connectivity index is 0.000000199. The van der Waals surface area contributed by atoms with Gasteiger partial charge in [-0.25, -0.2) is 0 Å². The molecule has 4 nitrogen and oxygen atoms in total. The average Bonchev–Trinajstić information content (AvgIpc) is 3.46. The maximum absolute atomic E-state index is 6.18. The topological polar surface area (TPSA) is 51.8 Å². The van der Waals surface area contributed by atoms with Crippen LogP contribution in [0.3, 0.4) is 0 Å². The molecule has 1 radical (unpaired) electrons. The predicted molar refractivity (Wildman–Crippen MR) is 203 cm³/mol. The Morgan fingerprint density at radius 1 is 0.898 bits per heavy atom. The summed E-state index contributed by atoms with van der Waals surface area (Å²) in [7, 11) is 0. The van der Waals surface area contributed by atoms with Crippen LogP contribution in [0.1, 0.15) is 75.6 Å². The smallest absolute Gasteiger partial charge is 0.119 e. The zero-order chi connectivity index (χ0) is 33.8. The first-order chi connectivity index (χ1) is 23.1. The maximum Gasteiger partial charge on any atom is 0.119 e. The van der Waals surface area contributed by atoms with Crippen molar-refractivity contribution >= 4 is 39.7 Å². The number of pyridine rings is 3. The molecule has 1 unspecified atom stereocenters. The van der Waals surface area contributed by atoms with Crippen molar-refractivity contribution in [2.45, 2.75) is 89.4 Å². The second kappa shape index (κ2) is 16.3. The van der Waals surface area contributed by atoms with Gasteiger partial charge in [0.2, 0.25) is 0 Å². The fraction of sp³-hybridized carbons (Fsp3) is 0.372. The van der Waals surface area contributed by atoms with Gasteiger partial charge in [0, 0.05) is 31.7 Å². The van der Waals surface area contributed by atoms with Crippen LogP contribution in [0.25, 0.3) is 44.6 Å². The van der Waals surface area contributed by atoms with Gasteiger partial charge in [-0.15, -0.1) is 11.6 Å². The quantitative estimate of drug-likeness (QED) is 0.118. The number of aromatic nitrogens is 3. The SMILES string of the molecule is CC(C)Cc1cc(-c2[c-]cccc2)nc[c]1[Ge]([CH3])([CH3])[CH3].Cc1[c-]c(-c2cc(C(C)C3CCCCC3)ccn2)c2oc3ccccc3c2n1.[Ir]. The Bertz CT molecular complexity index is 1990. The van der Waals surface area contributed by atoms with Gasteiger partial charge in [-0.3, -0.25) is 4.98 Å². The Morgan fingerprint density at radius 3 is 2.37 bits per heavy atom. The van der Waals surface area contributed by atoms with Gasteiger partial charge in [-0.1, -0.05) is 56.0 Å². The monoisotopic (exact) mass is 890 g/mol. The Hall–Kier alpha value is -3.12. The molecule has 2 aromatic carbocycles. The van der Waals surface area contributed by atoms with Crippen LogP contribution in [0, 0.1) is 30.9 Å². The van der Waals surface area contributed by atoms with Crippen molar-refractivity contribution < 1.29 is 24.5 Å². The van der Waals surface area contributed by atoms with E-state index in [0.29, 0.717) is 11.8 Å². The molecule has 0 amide bonds. The first-order valence-corrected chi connectivity index (χ1v) is 25.1. The summed E-state index contributed by atoms with van der Waals surface area (Å²) in [6, 6.07) is 29.5. The minimum absolute atomic E-state index is 0. The van der Waals surface area contributed by atoms with Gasteiger partial charge in [-0.05, 0) is 55.1 Å². The predicted octanol–water partition coefficient (Wildman–Crippen LogP) is 11.1. The van der Waals surface area contributed by atoms with Crippen LogP contribution >= 0.6 is 0 Å². The molecule has 1 saturated carbocycles. The van der Waals surface area contributed by atoms with Crippen molar-refractivity contribution in [2.24, 2.45) is 11.8 Å². The molecule has 1 fully saturated rings. The maximum atomic E-state index is 6.18. The molecule has 4 heterocycles. The normalized spacial score (nSPS) is 14.4. The summed E-state index contributed by atoms with van der Waals surface area (Å²) in [6.45, 7) is 8.93. The third kappa shape index (κ3) is 8.79. The molecule has 0 spiro atoms. The van der Waals surface area contributed by atoms with Gasteiger partial charge < -0.3 is 9.40 Å². The molecular formula is C43H49GeIrN3O-2. The van der Waals surface area contributed by atoms with Crippen LogP contribution in [0.15, 0.2) is 83.5 Å². The van der Waals surface area contributed by atoms with E-state index in [4.69, 9.17) is 14.4 Å². The molecule has 257 valence electrons. The van der Waals surface area contributed by atoms with E-state index >= 15 is 0 Å². The molecule has 6 heteroatoms. The van der Waals surface area contributed by atoms with Gasteiger partial charge in [0.15, 0.2) is 0 Å². The van der Waals surface area contributed by atoms with Crippen molar-refractivity contribution in [3.8, 4) is 22.5 Å². The number of hydrogen-bond acceptors (Lipinski definition) is 4. The number of nitrogens with zero attached hydrogens (tertiary/aromatic N) is 3. The molecule has 0 saturated heterocycles. The Labute approximate surface area is 309 Å². The van der Waals surface area contributed by atoms with Gasteiger partial charge in [0.25, 0.3) is 0 Å². The number of benzene rings is 2. The molecular weight excluding hydrogens is 839 g/mol. The summed E-state index contributed by atoms with van der Waals surface area (Å²) in [5.41, 5.74) is 10.2. The number of fused-ring (bicyclic) bond motifs is 3. The van der Waals surface area contributed by atoms with E-state index in [9.17, 15) is 0 Å². The van der Waals surface area contributed by atoms with E-state index in [0.717, 1.165) is 62.6 Å². The van der Waals surface area contributed by atoms with Crippen LogP contribution < -0.4 is 4.40 Å². The standard InChI is InChI=1S/C25H25N2O.C18H24GeN.Ir/c1-16-14-21(25-24(27-16)20-10-6-7-11-23(20)28-25)22-15-19(12-13-26-22)17(2)18-8-4-3-5-9-18;1-14(2)11-16-12-18(15-9-7-6-8-10-15)20-13-17(16)19(3,4)5;/h6-7,10-13,15,17-18H,3-5,8-9H2,1-2H3;6-9,12-14H,11H2,1-5H3;/q2*-1;. The zero-order valence-electron chi connectivity index (χ0n) is 30.1. The third-order valence-corrected chi connectivity index (χ3v) is 14.1. The van der Waals surface area contributed by atoms with Gasteiger partial charge in [0.1, 0.15) is 5.58 Å². The second-order valence-electron chi connectivity index (χ2n) is 15.0. The average molecular weight is 889 g/mol. The van der Waals surface area contributed by atoms with E-state index in [1.54, 1.807) is 4.40 Å². The van der Waals surface area contributed by atoms with Gasteiger partial charge in [-0.2, -0.15) is 0 Å². The number of furan rings is 1. The van der Waals surface area contributed by atoms with Crippen molar-refractivity contribution in [3.63, 3.8) is 0 Å². The van der Waals surface area contributed by atoms with Crippen molar-refractivity contribution in [1.82, 2.24) is 15.0 Å². The van der Waals surface area contributed by atoms with Crippen LogP contribution in [0.5, 0.6) is 0 Å². The molecule has 1 atom stereocenters. The first-order valence-electron chi connectivity index (χ1n) is 17.7. The minimum Gasteiger partial charge on any atom is -0.513 e.